The first kappa shape index (κ1) is 19.2. The molecule has 9 heteroatoms. The number of esters is 1. The van der Waals surface area contributed by atoms with Crippen molar-refractivity contribution in [2.45, 2.75) is 26.1 Å². The van der Waals surface area contributed by atoms with E-state index in [0.717, 1.165) is 17.7 Å². The summed E-state index contributed by atoms with van der Waals surface area (Å²) < 4.78 is 25.8. The minimum absolute atomic E-state index is 0.00873. The summed E-state index contributed by atoms with van der Waals surface area (Å²) in [6.07, 6.45) is -0.502. The fourth-order valence-corrected chi connectivity index (χ4v) is 3.85. The van der Waals surface area contributed by atoms with E-state index in [1.165, 1.54) is 11.3 Å². The number of hydrogen-bond acceptors (Lipinski definition) is 7. The molecule has 0 radical (unpaired) electrons. The maximum atomic E-state index is 14.9. The van der Waals surface area contributed by atoms with Gasteiger partial charge in [-0.3, -0.25) is 10.1 Å². The van der Waals surface area contributed by atoms with Crippen LogP contribution in [0.15, 0.2) is 29.0 Å². The maximum absolute atomic E-state index is 14.9. The molecule has 0 spiro atoms. The molecule has 2 atom stereocenters. The van der Waals surface area contributed by atoms with Crippen molar-refractivity contribution in [3.63, 3.8) is 0 Å². The quantitative estimate of drug-likeness (QED) is 0.434. The Hall–Kier alpha value is -2.52. The lowest BCUT2D eigenvalue weighted by Crippen LogP contribution is -2.44. The van der Waals surface area contributed by atoms with Crippen LogP contribution in [0.4, 0.5) is 15.8 Å². The zero-order valence-electron chi connectivity index (χ0n) is 14.9. The predicted octanol–water partition coefficient (Wildman–Crippen LogP) is 3.94. The van der Waals surface area contributed by atoms with Crippen molar-refractivity contribution in [2.24, 2.45) is 0 Å². The lowest BCUT2D eigenvalue weighted by molar-refractivity contribution is -0.385. The Bertz CT molecular complexity index is 843. The molecule has 0 N–H and O–H groups in total. The summed E-state index contributed by atoms with van der Waals surface area (Å²) >= 11 is 1.53. The smallest absolute Gasteiger partial charge is 0.340 e. The highest BCUT2D eigenvalue weighted by atomic mass is 32.1. The number of carbonyl (C=O) groups excluding carboxylic acids is 1. The molecular weight excluding hydrogens is 375 g/mol. The summed E-state index contributed by atoms with van der Waals surface area (Å²) in [5, 5.41) is 15.0. The lowest BCUT2D eigenvalue weighted by Gasteiger charge is -2.38. The summed E-state index contributed by atoms with van der Waals surface area (Å²) in [5.74, 6) is -1.62. The van der Waals surface area contributed by atoms with Crippen molar-refractivity contribution in [3.05, 3.63) is 56.0 Å². The molecular formula is C18H19FN2O5S. The number of nitro groups is 1. The number of morpholine rings is 1. The van der Waals surface area contributed by atoms with Gasteiger partial charge in [-0.2, -0.15) is 11.3 Å². The Labute approximate surface area is 159 Å². The average Bonchev–Trinajstić information content (AvgIpc) is 3.15. The van der Waals surface area contributed by atoms with Crippen LogP contribution >= 0.6 is 11.3 Å². The zero-order chi connectivity index (χ0) is 19.6. The van der Waals surface area contributed by atoms with Crippen LogP contribution in [0, 0.1) is 15.9 Å². The first-order valence-corrected chi connectivity index (χ1v) is 9.42. The number of carbonyl (C=O) groups is 1. The Morgan fingerprint density at radius 3 is 2.89 bits per heavy atom. The molecule has 2 aromatic rings. The number of nitrogens with zero attached hydrogens (tertiary/aromatic N) is 2. The van der Waals surface area contributed by atoms with Crippen molar-refractivity contribution in [2.75, 3.05) is 24.6 Å². The van der Waals surface area contributed by atoms with E-state index in [0.29, 0.717) is 13.1 Å². The zero-order valence-corrected chi connectivity index (χ0v) is 15.7. The summed E-state index contributed by atoms with van der Waals surface area (Å²) in [6.45, 7) is 4.23. The number of halogens is 1. The van der Waals surface area contributed by atoms with Crippen molar-refractivity contribution in [3.8, 4) is 0 Å². The topological polar surface area (TPSA) is 81.9 Å². The number of benzene rings is 1. The van der Waals surface area contributed by atoms with E-state index >= 15 is 0 Å². The van der Waals surface area contributed by atoms with Gasteiger partial charge in [0.15, 0.2) is 5.82 Å². The molecule has 1 aliphatic rings. The third-order valence-corrected chi connectivity index (χ3v) is 4.95. The Morgan fingerprint density at radius 1 is 1.48 bits per heavy atom. The van der Waals surface area contributed by atoms with Crippen LogP contribution in [0.2, 0.25) is 0 Å². The second-order valence-corrected chi connectivity index (χ2v) is 6.98. The molecule has 1 aromatic heterocycles. The number of thiophene rings is 1. The SMILES string of the molecule is CCOC(=O)c1cc([N+](=O)[O-])cc(F)c1N1CC(C)OC(c2ccsc2)C1. The Kier molecular flexibility index (Phi) is 5.71. The fraction of sp³-hybridized carbons (Fsp3) is 0.389. The van der Waals surface area contributed by atoms with Crippen LogP contribution in [0.1, 0.15) is 35.9 Å². The van der Waals surface area contributed by atoms with Gasteiger partial charge >= 0.3 is 5.97 Å². The highest BCUT2D eigenvalue weighted by Gasteiger charge is 2.32. The van der Waals surface area contributed by atoms with Gasteiger partial charge in [0, 0.05) is 19.2 Å². The van der Waals surface area contributed by atoms with Gasteiger partial charge in [0.25, 0.3) is 5.69 Å². The second-order valence-electron chi connectivity index (χ2n) is 6.20. The van der Waals surface area contributed by atoms with E-state index in [1.54, 1.807) is 11.8 Å². The third-order valence-electron chi connectivity index (χ3n) is 4.25. The molecule has 1 saturated heterocycles. The summed E-state index contributed by atoms with van der Waals surface area (Å²) in [7, 11) is 0. The molecule has 27 heavy (non-hydrogen) atoms. The first-order valence-electron chi connectivity index (χ1n) is 8.48. The third kappa shape index (κ3) is 4.09. The van der Waals surface area contributed by atoms with E-state index in [2.05, 4.69) is 0 Å². The molecule has 2 heterocycles. The van der Waals surface area contributed by atoms with Gasteiger partial charge in [-0.1, -0.05) is 0 Å². The fourth-order valence-electron chi connectivity index (χ4n) is 3.15. The standard InChI is InChI=1S/C18H19FN2O5S/c1-3-25-18(22)14-6-13(21(23)24)7-15(19)17(14)20-8-11(2)26-16(9-20)12-4-5-27-10-12/h4-7,10-11,16H,3,8-9H2,1-2H3. The van der Waals surface area contributed by atoms with E-state index in [1.807, 2.05) is 23.8 Å². The number of non-ortho nitro benzene ring substituents is 1. The monoisotopic (exact) mass is 394 g/mol. The van der Waals surface area contributed by atoms with Crippen molar-refractivity contribution < 1.29 is 23.6 Å². The van der Waals surface area contributed by atoms with E-state index in [-0.39, 0.29) is 30.1 Å². The number of rotatable bonds is 5. The van der Waals surface area contributed by atoms with Gasteiger partial charge in [0.2, 0.25) is 0 Å². The molecule has 7 nitrogen and oxygen atoms in total. The van der Waals surface area contributed by atoms with Crippen molar-refractivity contribution in [1.82, 2.24) is 0 Å². The molecule has 1 aliphatic heterocycles. The molecule has 0 bridgehead atoms. The van der Waals surface area contributed by atoms with Gasteiger partial charge in [0.05, 0.1) is 35.0 Å². The van der Waals surface area contributed by atoms with E-state index in [4.69, 9.17) is 9.47 Å². The van der Waals surface area contributed by atoms with Crippen molar-refractivity contribution >= 4 is 28.7 Å². The predicted molar refractivity (Wildman–Crippen MR) is 98.8 cm³/mol. The number of nitro benzene ring substituents is 1. The summed E-state index contributed by atoms with van der Waals surface area (Å²) in [4.78, 5) is 24.4. The van der Waals surface area contributed by atoms with Gasteiger partial charge in [-0.05, 0) is 36.2 Å². The maximum Gasteiger partial charge on any atom is 0.340 e. The van der Waals surface area contributed by atoms with Gasteiger partial charge < -0.3 is 14.4 Å². The molecule has 1 fully saturated rings. The number of hydrogen-bond donors (Lipinski definition) is 0. The average molecular weight is 394 g/mol. The molecule has 1 aromatic carbocycles. The van der Waals surface area contributed by atoms with Crippen LogP contribution in [0.5, 0.6) is 0 Å². The molecule has 0 amide bonds. The van der Waals surface area contributed by atoms with Gasteiger partial charge in [-0.15, -0.1) is 0 Å². The Balaban J connectivity index is 2.03. The number of anilines is 1. The summed E-state index contributed by atoms with van der Waals surface area (Å²) in [6, 6.07) is 3.83. The van der Waals surface area contributed by atoms with E-state index in [9.17, 15) is 19.3 Å². The van der Waals surface area contributed by atoms with Crippen molar-refractivity contribution in [1.29, 1.82) is 0 Å². The minimum atomic E-state index is -0.828. The largest absolute Gasteiger partial charge is 0.462 e. The van der Waals surface area contributed by atoms with Crippen LogP contribution in [-0.2, 0) is 9.47 Å². The highest BCUT2D eigenvalue weighted by Crippen LogP contribution is 2.35. The van der Waals surface area contributed by atoms with E-state index < -0.39 is 22.4 Å². The van der Waals surface area contributed by atoms with Crippen LogP contribution in [0.3, 0.4) is 0 Å². The summed E-state index contributed by atoms with van der Waals surface area (Å²) in [5.41, 5.74) is 0.336. The van der Waals surface area contributed by atoms with Gasteiger partial charge in [0.1, 0.15) is 6.10 Å². The first-order chi connectivity index (χ1) is 12.9. The normalized spacial score (nSPS) is 19.7. The molecule has 0 aliphatic carbocycles. The molecule has 2 unspecified atom stereocenters. The van der Waals surface area contributed by atoms with Crippen LogP contribution < -0.4 is 4.90 Å². The van der Waals surface area contributed by atoms with Crippen LogP contribution in [-0.4, -0.2) is 36.7 Å². The Morgan fingerprint density at radius 2 is 2.26 bits per heavy atom. The van der Waals surface area contributed by atoms with Crippen LogP contribution in [0.25, 0.3) is 0 Å². The number of ether oxygens (including phenoxy) is 2. The highest BCUT2D eigenvalue weighted by molar-refractivity contribution is 7.07. The molecule has 144 valence electrons. The van der Waals surface area contributed by atoms with Gasteiger partial charge in [-0.25, -0.2) is 9.18 Å². The molecule has 3 rings (SSSR count). The second kappa shape index (κ2) is 8.01. The molecule has 0 saturated carbocycles. The lowest BCUT2D eigenvalue weighted by atomic mass is 10.1. The minimum Gasteiger partial charge on any atom is -0.462 e.